The van der Waals surface area contributed by atoms with E-state index < -0.39 is 0 Å². The van der Waals surface area contributed by atoms with Gasteiger partial charge in [-0.25, -0.2) is 0 Å². The number of aryl methyl sites for hydroxylation is 1. The van der Waals surface area contributed by atoms with Gasteiger partial charge in [0.05, 0.1) is 6.67 Å². The van der Waals surface area contributed by atoms with Crippen LogP contribution in [0, 0.1) is 0 Å². The van der Waals surface area contributed by atoms with Crippen LogP contribution in [0.5, 0.6) is 0 Å². The SMILES string of the molecule is CCc1ccc(NCN2CCNCC2)cc1. The van der Waals surface area contributed by atoms with Crippen LogP contribution < -0.4 is 10.6 Å². The van der Waals surface area contributed by atoms with E-state index in [9.17, 15) is 0 Å². The van der Waals surface area contributed by atoms with Crippen molar-refractivity contribution in [2.45, 2.75) is 13.3 Å². The Bertz CT molecular complexity index is 301. The number of nitrogens with zero attached hydrogens (tertiary/aromatic N) is 1. The van der Waals surface area contributed by atoms with Gasteiger partial charge in [0.2, 0.25) is 0 Å². The molecule has 1 heterocycles. The number of rotatable bonds is 4. The highest BCUT2D eigenvalue weighted by Gasteiger charge is 2.07. The molecule has 0 radical (unpaired) electrons. The third-order valence-corrected chi connectivity index (χ3v) is 3.08. The Balaban J connectivity index is 1.79. The van der Waals surface area contributed by atoms with E-state index in [0.717, 1.165) is 39.3 Å². The summed E-state index contributed by atoms with van der Waals surface area (Å²) < 4.78 is 0. The molecular formula is C13H21N3. The van der Waals surface area contributed by atoms with E-state index in [1.165, 1.54) is 11.3 Å². The lowest BCUT2D eigenvalue weighted by molar-refractivity contribution is 0.256. The molecule has 3 heteroatoms. The first-order valence-electron chi connectivity index (χ1n) is 6.14. The van der Waals surface area contributed by atoms with Crippen LogP contribution >= 0.6 is 0 Å². The van der Waals surface area contributed by atoms with Gasteiger partial charge in [-0.1, -0.05) is 19.1 Å². The van der Waals surface area contributed by atoms with Crippen molar-refractivity contribution >= 4 is 5.69 Å². The number of anilines is 1. The molecule has 0 spiro atoms. The van der Waals surface area contributed by atoms with Crippen LogP contribution in [0.25, 0.3) is 0 Å². The fraction of sp³-hybridized carbons (Fsp3) is 0.538. The molecule has 2 rings (SSSR count). The standard InChI is InChI=1S/C13H21N3/c1-2-12-3-5-13(6-4-12)15-11-16-9-7-14-8-10-16/h3-6,14-15H,2,7-11H2,1H3. The molecule has 0 saturated carbocycles. The van der Waals surface area contributed by atoms with Gasteiger partial charge < -0.3 is 10.6 Å². The van der Waals surface area contributed by atoms with E-state index in [4.69, 9.17) is 0 Å². The molecule has 1 aromatic rings. The number of benzene rings is 1. The summed E-state index contributed by atoms with van der Waals surface area (Å²) in [6.07, 6.45) is 1.11. The second kappa shape index (κ2) is 5.87. The van der Waals surface area contributed by atoms with Crippen LogP contribution in [0.15, 0.2) is 24.3 Å². The van der Waals surface area contributed by atoms with E-state index in [2.05, 4.69) is 46.7 Å². The highest BCUT2D eigenvalue weighted by molar-refractivity contribution is 5.44. The molecule has 0 aliphatic carbocycles. The van der Waals surface area contributed by atoms with E-state index in [0.29, 0.717) is 0 Å². The van der Waals surface area contributed by atoms with Crippen LogP contribution in [0.3, 0.4) is 0 Å². The highest BCUT2D eigenvalue weighted by Crippen LogP contribution is 2.09. The fourth-order valence-corrected chi connectivity index (χ4v) is 1.93. The zero-order valence-electron chi connectivity index (χ0n) is 10.00. The van der Waals surface area contributed by atoms with Crippen LogP contribution in [0.1, 0.15) is 12.5 Å². The van der Waals surface area contributed by atoms with Gasteiger partial charge >= 0.3 is 0 Å². The third kappa shape index (κ3) is 3.22. The smallest absolute Gasteiger partial charge is 0.0679 e. The normalized spacial score (nSPS) is 17.3. The van der Waals surface area contributed by atoms with Gasteiger partial charge in [0.25, 0.3) is 0 Å². The van der Waals surface area contributed by atoms with Crippen LogP contribution in [0.4, 0.5) is 5.69 Å². The molecule has 1 aliphatic rings. The second-order valence-electron chi connectivity index (χ2n) is 4.25. The van der Waals surface area contributed by atoms with E-state index in [-0.39, 0.29) is 0 Å². The molecule has 1 aromatic carbocycles. The molecule has 0 aromatic heterocycles. The van der Waals surface area contributed by atoms with Crippen molar-refractivity contribution < 1.29 is 0 Å². The molecule has 16 heavy (non-hydrogen) atoms. The zero-order chi connectivity index (χ0) is 11.2. The van der Waals surface area contributed by atoms with Gasteiger partial charge in [-0.2, -0.15) is 0 Å². The van der Waals surface area contributed by atoms with Crippen molar-refractivity contribution in [3.8, 4) is 0 Å². The summed E-state index contributed by atoms with van der Waals surface area (Å²) in [6.45, 7) is 7.63. The number of hydrogen-bond donors (Lipinski definition) is 2. The maximum atomic E-state index is 3.46. The minimum Gasteiger partial charge on any atom is -0.372 e. The highest BCUT2D eigenvalue weighted by atomic mass is 15.3. The Morgan fingerprint density at radius 3 is 2.50 bits per heavy atom. The quantitative estimate of drug-likeness (QED) is 0.804. The topological polar surface area (TPSA) is 27.3 Å². The van der Waals surface area contributed by atoms with Crippen LogP contribution in [0.2, 0.25) is 0 Å². The molecule has 3 nitrogen and oxygen atoms in total. The second-order valence-corrected chi connectivity index (χ2v) is 4.25. The fourth-order valence-electron chi connectivity index (χ4n) is 1.93. The van der Waals surface area contributed by atoms with Crippen molar-refractivity contribution in [3.05, 3.63) is 29.8 Å². The predicted octanol–water partition coefficient (Wildman–Crippen LogP) is 1.52. The van der Waals surface area contributed by atoms with Crippen molar-refractivity contribution in [1.29, 1.82) is 0 Å². The Hall–Kier alpha value is -1.06. The minimum atomic E-state index is 0.952. The first kappa shape index (κ1) is 11.4. The molecule has 1 saturated heterocycles. The Kier molecular flexibility index (Phi) is 4.19. The molecular weight excluding hydrogens is 198 g/mol. The molecule has 0 atom stereocenters. The average molecular weight is 219 g/mol. The van der Waals surface area contributed by atoms with Gasteiger partial charge in [0.15, 0.2) is 0 Å². The molecule has 88 valence electrons. The lowest BCUT2D eigenvalue weighted by Crippen LogP contribution is -2.45. The Morgan fingerprint density at radius 2 is 1.88 bits per heavy atom. The lowest BCUT2D eigenvalue weighted by atomic mass is 10.1. The monoisotopic (exact) mass is 219 g/mol. The predicted molar refractivity (Wildman–Crippen MR) is 68.8 cm³/mol. The van der Waals surface area contributed by atoms with Gasteiger partial charge in [0, 0.05) is 31.9 Å². The van der Waals surface area contributed by atoms with Crippen LogP contribution in [-0.4, -0.2) is 37.7 Å². The van der Waals surface area contributed by atoms with Gasteiger partial charge in [-0.15, -0.1) is 0 Å². The summed E-state index contributed by atoms with van der Waals surface area (Å²) >= 11 is 0. The largest absolute Gasteiger partial charge is 0.372 e. The Labute approximate surface area is 97.8 Å². The number of piperazine rings is 1. The van der Waals surface area contributed by atoms with Gasteiger partial charge in [-0.3, -0.25) is 4.90 Å². The minimum absolute atomic E-state index is 0.952. The summed E-state index contributed by atoms with van der Waals surface area (Å²) in [5.41, 5.74) is 2.61. The zero-order valence-corrected chi connectivity index (χ0v) is 10.00. The first-order valence-corrected chi connectivity index (χ1v) is 6.14. The van der Waals surface area contributed by atoms with Gasteiger partial charge in [0.1, 0.15) is 0 Å². The summed E-state index contributed by atoms with van der Waals surface area (Å²) in [5.74, 6) is 0. The summed E-state index contributed by atoms with van der Waals surface area (Å²) in [6, 6.07) is 8.72. The average Bonchev–Trinajstić information content (AvgIpc) is 2.38. The van der Waals surface area contributed by atoms with Crippen molar-refractivity contribution in [1.82, 2.24) is 10.2 Å². The third-order valence-electron chi connectivity index (χ3n) is 3.08. The molecule has 2 N–H and O–H groups in total. The molecule has 0 unspecified atom stereocenters. The first-order chi connectivity index (χ1) is 7.88. The number of nitrogens with one attached hydrogen (secondary N) is 2. The molecule has 0 amide bonds. The molecule has 1 fully saturated rings. The van der Waals surface area contributed by atoms with Crippen LogP contribution in [-0.2, 0) is 6.42 Å². The molecule has 0 bridgehead atoms. The van der Waals surface area contributed by atoms with E-state index >= 15 is 0 Å². The lowest BCUT2D eigenvalue weighted by Gasteiger charge is -2.27. The van der Waals surface area contributed by atoms with Crippen molar-refractivity contribution in [2.24, 2.45) is 0 Å². The number of hydrogen-bond acceptors (Lipinski definition) is 3. The van der Waals surface area contributed by atoms with E-state index in [1.54, 1.807) is 0 Å². The van der Waals surface area contributed by atoms with Crippen molar-refractivity contribution in [3.63, 3.8) is 0 Å². The van der Waals surface area contributed by atoms with Crippen molar-refractivity contribution in [2.75, 3.05) is 38.2 Å². The summed E-state index contributed by atoms with van der Waals surface area (Å²) in [4.78, 5) is 2.43. The molecule has 1 aliphatic heterocycles. The van der Waals surface area contributed by atoms with E-state index in [1.807, 2.05) is 0 Å². The Morgan fingerprint density at radius 1 is 1.19 bits per heavy atom. The maximum Gasteiger partial charge on any atom is 0.0679 e. The van der Waals surface area contributed by atoms with Gasteiger partial charge in [-0.05, 0) is 24.1 Å². The summed E-state index contributed by atoms with van der Waals surface area (Å²) in [5, 5.41) is 6.82. The summed E-state index contributed by atoms with van der Waals surface area (Å²) in [7, 11) is 0. The maximum absolute atomic E-state index is 3.46.